The Morgan fingerprint density at radius 1 is 1.50 bits per heavy atom. The van der Waals surface area contributed by atoms with Gasteiger partial charge in [0.1, 0.15) is 5.52 Å². The van der Waals surface area contributed by atoms with E-state index >= 15 is 0 Å². The molecule has 0 saturated carbocycles. The van der Waals surface area contributed by atoms with Crippen molar-refractivity contribution in [1.29, 1.82) is 0 Å². The van der Waals surface area contributed by atoms with Gasteiger partial charge in [-0.3, -0.25) is 4.79 Å². The van der Waals surface area contributed by atoms with Gasteiger partial charge in [-0.05, 0) is 18.2 Å². The third kappa shape index (κ3) is 2.41. The Hall–Kier alpha value is -2.61. The summed E-state index contributed by atoms with van der Waals surface area (Å²) < 4.78 is 5.41. The maximum absolute atomic E-state index is 11.0. The summed E-state index contributed by atoms with van der Waals surface area (Å²) in [5.74, 6) is -1.02. The van der Waals surface area contributed by atoms with Crippen LogP contribution >= 0.6 is 11.3 Å². The minimum absolute atomic E-state index is 0.120. The van der Waals surface area contributed by atoms with Gasteiger partial charge in [0.2, 0.25) is 0 Å². The maximum atomic E-state index is 11.0. The number of aromatic carboxylic acids is 1. The van der Waals surface area contributed by atoms with Gasteiger partial charge in [0.15, 0.2) is 5.58 Å². The van der Waals surface area contributed by atoms with Crippen LogP contribution in [0.3, 0.4) is 0 Å². The Morgan fingerprint density at radius 3 is 3.05 bits per heavy atom. The number of nitrogens with zero attached hydrogens (tertiary/aromatic N) is 1. The van der Waals surface area contributed by atoms with E-state index in [2.05, 4.69) is 15.3 Å². The molecule has 2 aromatic heterocycles. The number of aromatic nitrogens is 2. The topological polar surface area (TPSA) is 108 Å². The predicted molar refractivity (Wildman–Crippen MR) is 73.2 cm³/mol. The van der Waals surface area contributed by atoms with Crippen LogP contribution in [0.1, 0.15) is 16.1 Å². The molecular formula is C12H9N3O4S. The number of carboxylic acids is 1. The van der Waals surface area contributed by atoms with Crippen molar-refractivity contribution in [2.45, 2.75) is 6.54 Å². The van der Waals surface area contributed by atoms with Gasteiger partial charge >= 0.3 is 10.8 Å². The zero-order valence-corrected chi connectivity index (χ0v) is 10.9. The SMILES string of the molecule is O=C(O)c1ccc2nc(NCc3csc(=O)[nH]3)oc2c1. The van der Waals surface area contributed by atoms with E-state index in [1.807, 2.05) is 0 Å². The number of nitrogens with one attached hydrogen (secondary N) is 2. The summed E-state index contributed by atoms with van der Waals surface area (Å²) in [4.78, 5) is 28.6. The second kappa shape index (κ2) is 4.82. The summed E-state index contributed by atoms with van der Waals surface area (Å²) in [5.41, 5.74) is 1.83. The molecule has 3 N–H and O–H groups in total. The Labute approximate surface area is 115 Å². The normalized spacial score (nSPS) is 10.8. The Kier molecular flexibility index (Phi) is 2.99. The summed E-state index contributed by atoms with van der Waals surface area (Å²) in [5, 5.41) is 13.5. The molecule has 3 rings (SSSR count). The van der Waals surface area contributed by atoms with Gasteiger partial charge in [0, 0.05) is 11.1 Å². The highest BCUT2D eigenvalue weighted by atomic mass is 32.1. The van der Waals surface area contributed by atoms with Crippen LogP contribution in [0.25, 0.3) is 11.1 Å². The summed E-state index contributed by atoms with van der Waals surface area (Å²) in [7, 11) is 0. The van der Waals surface area contributed by atoms with E-state index in [0.717, 1.165) is 17.0 Å². The first-order valence-corrected chi connectivity index (χ1v) is 6.54. The van der Waals surface area contributed by atoms with Crippen LogP contribution in [0.4, 0.5) is 6.01 Å². The minimum Gasteiger partial charge on any atom is -0.478 e. The lowest BCUT2D eigenvalue weighted by molar-refractivity contribution is 0.0697. The first-order valence-electron chi connectivity index (χ1n) is 5.66. The molecule has 0 radical (unpaired) electrons. The Bertz CT molecular complexity index is 832. The van der Waals surface area contributed by atoms with E-state index in [4.69, 9.17) is 9.52 Å². The molecule has 7 nitrogen and oxygen atoms in total. The number of oxazole rings is 1. The number of H-pyrrole nitrogens is 1. The number of benzene rings is 1. The molecule has 0 atom stereocenters. The zero-order chi connectivity index (χ0) is 14.1. The molecule has 1 aromatic carbocycles. The summed E-state index contributed by atoms with van der Waals surface area (Å²) in [6, 6.07) is 4.74. The molecule has 3 aromatic rings. The number of fused-ring (bicyclic) bond motifs is 1. The van der Waals surface area contributed by atoms with Crippen molar-refractivity contribution in [3.63, 3.8) is 0 Å². The van der Waals surface area contributed by atoms with Crippen LogP contribution < -0.4 is 10.2 Å². The average molecular weight is 291 g/mol. The summed E-state index contributed by atoms with van der Waals surface area (Å²) in [6.07, 6.45) is 0. The van der Waals surface area contributed by atoms with Gasteiger partial charge in [-0.1, -0.05) is 11.3 Å². The van der Waals surface area contributed by atoms with Gasteiger partial charge in [0.05, 0.1) is 12.1 Å². The monoisotopic (exact) mass is 291 g/mol. The third-order valence-corrected chi connectivity index (χ3v) is 3.35. The third-order valence-electron chi connectivity index (χ3n) is 2.64. The van der Waals surface area contributed by atoms with E-state index in [-0.39, 0.29) is 16.5 Å². The fraction of sp³-hybridized carbons (Fsp3) is 0.0833. The average Bonchev–Trinajstić information content (AvgIpc) is 3.00. The molecule has 0 saturated heterocycles. The largest absolute Gasteiger partial charge is 0.478 e. The standard InChI is InChI=1S/C12H9N3O4S/c16-10(17)6-1-2-8-9(3-6)19-11(15-8)13-4-7-5-20-12(18)14-7/h1-3,5H,4H2,(H,13,15)(H,14,18)(H,16,17). The highest BCUT2D eigenvalue weighted by Crippen LogP contribution is 2.20. The lowest BCUT2D eigenvalue weighted by atomic mass is 10.2. The van der Waals surface area contributed by atoms with E-state index in [1.54, 1.807) is 11.4 Å². The number of anilines is 1. The van der Waals surface area contributed by atoms with Crippen molar-refractivity contribution in [2.75, 3.05) is 5.32 Å². The summed E-state index contributed by atoms with van der Waals surface area (Å²) >= 11 is 1.08. The number of carbonyl (C=O) groups is 1. The number of carboxylic acid groups (broad SMARTS) is 1. The highest BCUT2D eigenvalue weighted by molar-refractivity contribution is 7.07. The number of rotatable bonds is 4. The zero-order valence-electron chi connectivity index (χ0n) is 10.0. The number of hydrogen-bond acceptors (Lipinski definition) is 6. The van der Waals surface area contributed by atoms with Crippen LogP contribution in [0, 0.1) is 0 Å². The lowest BCUT2D eigenvalue weighted by Gasteiger charge is -1.97. The van der Waals surface area contributed by atoms with E-state index < -0.39 is 5.97 Å². The predicted octanol–water partition coefficient (Wildman–Crippen LogP) is 1.89. The van der Waals surface area contributed by atoms with Gasteiger partial charge in [-0.2, -0.15) is 4.98 Å². The van der Waals surface area contributed by atoms with E-state index in [9.17, 15) is 9.59 Å². The molecule has 0 unspecified atom stereocenters. The van der Waals surface area contributed by atoms with Crippen LogP contribution in [-0.2, 0) is 6.54 Å². The van der Waals surface area contributed by atoms with Crippen LogP contribution in [-0.4, -0.2) is 21.0 Å². The molecule has 0 fully saturated rings. The fourth-order valence-electron chi connectivity index (χ4n) is 1.70. The Balaban J connectivity index is 1.82. The molecule has 20 heavy (non-hydrogen) atoms. The molecule has 0 amide bonds. The number of hydrogen-bond donors (Lipinski definition) is 3. The highest BCUT2D eigenvalue weighted by Gasteiger charge is 2.09. The van der Waals surface area contributed by atoms with Gasteiger partial charge < -0.3 is 19.8 Å². The van der Waals surface area contributed by atoms with E-state index in [1.165, 1.54) is 12.1 Å². The number of aromatic amines is 1. The number of thiazole rings is 1. The molecule has 0 bridgehead atoms. The van der Waals surface area contributed by atoms with Gasteiger partial charge in [-0.15, -0.1) is 0 Å². The van der Waals surface area contributed by atoms with Crippen molar-refractivity contribution in [1.82, 2.24) is 9.97 Å². The lowest BCUT2D eigenvalue weighted by Crippen LogP contribution is -2.02. The van der Waals surface area contributed by atoms with Crippen molar-refractivity contribution in [2.24, 2.45) is 0 Å². The first kappa shape index (κ1) is 12.4. The molecule has 0 aliphatic rings. The van der Waals surface area contributed by atoms with Gasteiger partial charge in [0.25, 0.3) is 6.01 Å². The second-order valence-corrected chi connectivity index (χ2v) is 4.88. The van der Waals surface area contributed by atoms with Crippen molar-refractivity contribution < 1.29 is 14.3 Å². The molecule has 2 heterocycles. The fourth-order valence-corrected chi connectivity index (χ4v) is 2.29. The molecule has 0 spiro atoms. The molecular weight excluding hydrogens is 282 g/mol. The van der Waals surface area contributed by atoms with Crippen LogP contribution in [0.15, 0.2) is 32.8 Å². The molecule has 0 aliphatic heterocycles. The molecule has 0 aliphatic carbocycles. The van der Waals surface area contributed by atoms with Crippen molar-refractivity contribution in [3.8, 4) is 0 Å². The minimum atomic E-state index is -1.02. The van der Waals surface area contributed by atoms with Gasteiger partial charge in [-0.25, -0.2) is 4.79 Å². The summed E-state index contributed by atoms with van der Waals surface area (Å²) in [6.45, 7) is 0.372. The van der Waals surface area contributed by atoms with Crippen molar-refractivity contribution in [3.05, 3.63) is 44.5 Å². The van der Waals surface area contributed by atoms with Crippen LogP contribution in [0.2, 0.25) is 0 Å². The Morgan fingerprint density at radius 2 is 2.35 bits per heavy atom. The molecule has 102 valence electrons. The second-order valence-electron chi connectivity index (χ2n) is 4.03. The molecule has 8 heteroatoms. The maximum Gasteiger partial charge on any atom is 0.335 e. The quantitative estimate of drug-likeness (QED) is 0.677. The smallest absolute Gasteiger partial charge is 0.335 e. The van der Waals surface area contributed by atoms with Crippen LogP contribution in [0.5, 0.6) is 0 Å². The van der Waals surface area contributed by atoms with Crippen molar-refractivity contribution >= 4 is 34.4 Å². The van der Waals surface area contributed by atoms with E-state index in [0.29, 0.717) is 17.6 Å². The first-order chi connectivity index (χ1) is 9.61.